The highest BCUT2D eigenvalue weighted by Crippen LogP contribution is 2.12. The zero-order chi connectivity index (χ0) is 19.6. The summed E-state index contributed by atoms with van der Waals surface area (Å²) in [5, 5.41) is 6.20. The number of halogens is 1. The second-order valence-corrected chi connectivity index (χ2v) is 6.91. The molecular weight excluding hydrogens is 455 g/mol. The molecule has 1 amide bonds. The molecule has 1 aromatic rings. The third-order valence-electron chi connectivity index (χ3n) is 3.27. The predicted octanol–water partition coefficient (Wildman–Crippen LogP) is 3.36. The second-order valence-electron chi connectivity index (χ2n) is 6.91. The van der Waals surface area contributed by atoms with Gasteiger partial charge in [-0.05, 0) is 38.8 Å². The first-order valence-electron chi connectivity index (χ1n) is 8.72. The highest BCUT2D eigenvalue weighted by molar-refractivity contribution is 14.0. The number of nitrogens with one attached hydrogen (secondary N) is 2. The van der Waals surface area contributed by atoms with Crippen LogP contribution in [0, 0.1) is 12.3 Å². The fourth-order valence-corrected chi connectivity index (χ4v) is 2.08. The van der Waals surface area contributed by atoms with Crippen LogP contribution in [0.3, 0.4) is 0 Å². The first kappa shape index (κ1) is 25.1. The number of terminal acetylenes is 1. The van der Waals surface area contributed by atoms with Crippen molar-refractivity contribution >= 4 is 36.0 Å². The summed E-state index contributed by atoms with van der Waals surface area (Å²) in [6.45, 7) is 9.81. The molecule has 0 spiro atoms. The largest absolute Gasteiger partial charge is 0.444 e. The number of rotatable bonds is 6. The van der Waals surface area contributed by atoms with E-state index < -0.39 is 5.60 Å². The van der Waals surface area contributed by atoms with Gasteiger partial charge in [-0.1, -0.05) is 30.2 Å². The molecule has 0 aliphatic rings. The summed E-state index contributed by atoms with van der Waals surface area (Å²) in [6.07, 6.45) is 4.93. The normalized spacial score (nSPS) is 11.0. The van der Waals surface area contributed by atoms with E-state index in [0.717, 1.165) is 17.7 Å². The van der Waals surface area contributed by atoms with Gasteiger partial charge in [-0.15, -0.1) is 30.4 Å². The standard InChI is InChI=1S/C20H30N4O2.HI/c1-7-13-22-18(21-8-2)23-14-16-9-11-17(12-10-16)15-24(6)19(25)26-20(3,4)5;/h1,9-12H,8,13-15H2,2-6H3,(H2,21,22,23);1H. The van der Waals surface area contributed by atoms with Gasteiger partial charge in [0.25, 0.3) is 0 Å². The summed E-state index contributed by atoms with van der Waals surface area (Å²) >= 11 is 0. The highest BCUT2D eigenvalue weighted by atomic mass is 127. The lowest BCUT2D eigenvalue weighted by Crippen LogP contribution is -2.37. The lowest BCUT2D eigenvalue weighted by Gasteiger charge is -2.24. The molecule has 0 saturated carbocycles. The maximum atomic E-state index is 12.0. The zero-order valence-electron chi connectivity index (χ0n) is 16.8. The van der Waals surface area contributed by atoms with Crippen LogP contribution in [0.25, 0.3) is 0 Å². The Morgan fingerprint density at radius 3 is 2.33 bits per heavy atom. The number of ether oxygens (including phenoxy) is 1. The van der Waals surface area contributed by atoms with E-state index in [0.29, 0.717) is 25.6 Å². The number of guanidine groups is 1. The Morgan fingerprint density at radius 2 is 1.81 bits per heavy atom. The van der Waals surface area contributed by atoms with Gasteiger partial charge in [0, 0.05) is 20.1 Å². The van der Waals surface area contributed by atoms with E-state index in [4.69, 9.17) is 11.2 Å². The third-order valence-corrected chi connectivity index (χ3v) is 3.27. The van der Waals surface area contributed by atoms with Crippen LogP contribution in [0.4, 0.5) is 4.79 Å². The summed E-state index contributed by atoms with van der Waals surface area (Å²) in [5.74, 6) is 3.22. The van der Waals surface area contributed by atoms with Crippen LogP contribution in [0.2, 0.25) is 0 Å². The molecule has 2 N–H and O–H groups in total. The smallest absolute Gasteiger partial charge is 0.410 e. The first-order chi connectivity index (χ1) is 12.2. The van der Waals surface area contributed by atoms with Gasteiger partial charge in [0.05, 0.1) is 13.1 Å². The van der Waals surface area contributed by atoms with E-state index in [9.17, 15) is 4.79 Å². The van der Waals surface area contributed by atoms with Crippen LogP contribution in [0.5, 0.6) is 0 Å². The lowest BCUT2D eigenvalue weighted by atomic mass is 10.1. The number of amides is 1. The predicted molar refractivity (Wildman–Crippen MR) is 121 cm³/mol. The highest BCUT2D eigenvalue weighted by Gasteiger charge is 2.19. The molecule has 0 bridgehead atoms. The van der Waals surface area contributed by atoms with Gasteiger partial charge in [-0.2, -0.15) is 0 Å². The molecule has 0 fully saturated rings. The van der Waals surface area contributed by atoms with Crippen LogP contribution in [0.1, 0.15) is 38.8 Å². The molecule has 0 saturated heterocycles. The van der Waals surface area contributed by atoms with Crippen LogP contribution in [0.15, 0.2) is 29.3 Å². The van der Waals surface area contributed by atoms with E-state index in [1.807, 2.05) is 52.0 Å². The maximum absolute atomic E-state index is 12.0. The van der Waals surface area contributed by atoms with Gasteiger partial charge in [0.2, 0.25) is 0 Å². The molecule has 6 nitrogen and oxygen atoms in total. The molecule has 1 aromatic carbocycles. The number of carbonyl (C=O) groups is 1. The van der Waals surface area contributed by atoms with Gasteiger partial charge in [-0.3, -0.25) is 0 Å². The molecule has 0 aliphatic heterocycles. The van der Waals surface area contributed by atoms with Crippen LogP contribution < -0.4 is 10.6 Å². The van der Waals surface area contributed by atoms with E-state index in [1.54, 1.807) is 11.9 Å². The fraction of sp³-hybridized carbons (Fsp3) is 0.500. The van der Waals surface area contributed by atoms with Crippen molar-refractivity contribution in [2.45, 2.75) is 46.4 Å². The van der Waals surface area contributed by atoms with Crippen molar-refractivity contribution < 1.29 is 9.53 Å². The first-order valence-corrected chi connectivity index (χ1v) is 8.72. The molecule has 0 aromatic heterocycles. The minimum atomic E-state index is -0.495. The van der Waals surface area contributed by atoms with E-state index in [1.165, 1.54) is 0 Å². The fourth-order valence-electron chi connectivity index (χ4n) is 2.08. The summed E-state index contributed by atoms with van der Waals surface area (Å²) in [4.78, 5) is 18.1. The summed E-state index contributed by atoms with van der Waals surface area (Å²) in [7, 11) is 1.73. The monoisotopic (exact) mass is 486 g/mol. The molecule has 1 rings (SSSR count). The average Bonchev–Trinajstić information content (AvgIpc) is 2.57. The van der Waals surface area contributed by atoms with E-state index in [2.05, 4.69) is 21.5 Å². The van der Waals surface area contributed by atoms with Gasteiger partial charge in [0.15, 0.2) is 5.96 Å². The molecule has 0 unspecified atom stereocenters. The number of carbonyl (C=O) groups excluding carboxylic acids is 1. The van der Waals surface area contributed by atoms with Crippen molar-refractivity contribution in [3.05, 3.63) is 35.4 Å². The van der Waals surface area contributed by atoms with Crippen molar-refractivity contribution in [2.75, 3.05) is 20.1 Å². The minimum Gasteiger partial charge on any atom is -0.444 e. The van der Waals surface area contributed by atoms with Crippen LogP contribution >= 0.6 is 24.0 Å². The zero-order valence-corrected chi connectivity index (χ0v) is 19.2. The molecule has 0 radical (unpaired) electrons. The van der Waals surface area contributed by atoms with E-state index in [-0.39, 0.29) is 30.1 Å². The average molecular weight is 486 g/mol. The number of aliphatic imine (C=N–C) groups is 1. The van der Waals surface area contributed by atoms with Crippen molar-refractivity contribution in [1.82, 2.24) is 15.5 Å². The maximum Gasteiger partial charge on any atom is 0.410 e. The molecule has 27 heavy (non-hydrogen) atoms. The summed E-state index contributed by atoms with van der Waals surface area (Å²) in [6, 6.07) is 8.00. The van der Waals surface area contributed by atoms with Gasteiger partial charge < -0.3 is 20.3 Å². The Bertz CT molecular complexity index is 645. The SMILES string of the molecule is C#CCNC(=NCc1ccc(CN(C)C(=O)OC(C)(C)C)cc1)NCC.I. The number of hydrogen-bond donors (Lipinski definition) is 2. The summed E-state index contributed by atoms with van der Waals surface area (Å²) < 4.78 is 5.36. The van der Waals surface area contributed by atoms with Crippen LogP contribution in [-0.2, 0) is 17.8 Å². The van der Waals surface area contributed by atoms with Crippen molar-refractivity contribution in [3.63, 3.8) is 0 Å². The Kier molecular flexibility index (Phi) is 11.5. The Balaban J connectivity index is 0.00000676. The topological polar surface area (TPSA) is 66.0 Å². The van der Waals surface area contributed by atoms with Gasteiger partial charge >= 0.3 is 6.09 Å². The molecule has 150 valence electrons. The minimum absolute atomic E-state index is 0. The quantitative estimate of drug-likeness (QED) is 0.280. The second kappa shape index (κ2) is 12.4. The van der Waals surface area contributed by atoms with Gasteiger partial charge in [-0.25, -0.2) is 9.79 Å². The van der Waals surface area contributed by atoms with Gasteiger partial charge in [0.1, 0.15) is 5.60 Å². The molecule has 0 aliphatic carbocycles. The molecule has 0 atom stereocenters. The Morgan fingerprint density at radius 1 is 1.22 bits per heavy atom. The Labute approximate surface area is 180 Å². The molecular formula is C20H31IN4O2. The third kappa shape index (κ3) is 10.7. The lowest BCUT2D eigenvalue weighted by molar-refractivity contribution is 0.0285. The van der Waals surface area contributed by atoms with Crippen LogP contribution in [-0.4, -0.2) is 42.7 Å². The number of hydrogen-bond acceptors (Lipinski definition) is 3. The molecule has 7 heteroatoms. The van der Waals surface area contributed by atoms with E-state index >= 15 is 0 Å². The van der Waals surface area contributed by atoms with Crippen molar-refractivity contribution in [1.29, 1.82) is 0 Å². The van der Waals surface area contributed by atoms with Crippen molar-refractivity contribution in [3.8, 4) is 12.3 Å². The summed E-state index contributed by atoms with van der Waals surface area (Å²) in [5.41, 5.74) is 1.61. The Hall–Kier alpha value is -1.95. The van der Waals surface area contributed by atoms with Crippen molar-refractivity contribution in [2.24, 2.45) is 4.99 Å². The number of nitrogens with zero attached hydrogens (tertiary/aromatic N) is 2. The number of benzene rings is 1. The molecule has 0 heterocycles.